The molecule has 0 saturated carbocycles. The molecule has 29 heavy (non-hydrogen) atoms. The molecule has 0 aliphatic rings. The lowest BCUT2D eigenvalue weighted by Gasteiger charge is -2.15. The summed E-state index contributed by atoms with van der Waals surface area (Å²) in [5.41, 5.74) is 3.19. The molecule has 0 unspecified atom stereocenters. The lowest BCUT2D eigenvalue weighted by molar-refractivity contribution is 0.208. The van der Waals surface area contributed by atoms with Crippen LogP contribution in [0, 0.1) is 13.8 Å². The van der Waals surface area contributed by atoms with Gasteiger partial charge in [0, 0.05) is 0 Å². The van der Waals surface area contributed by atoms with Gasteiger partial charge in [0.05, 0.1) is 17.8 Å². The summed E-state index contributed by atoms with van der Waals surface area (Å²) in [7, 11) is 0. The van der Waals surface area contributed by atoms with E-state index in [2.05, 4.69) is 29.1 Å². The molecule has 1 aromatic heterocycles. The first-order chi connectivity index (χ1) is 14.1. The van der Waals surface area contributed by atoms with Crippen molar-refractivity contribution in [2.24, 2.45) is 5.10 Å². The molecule has 3 rings (SSSR count). The van der Waals surface area contributed by atoms with Crippen LogP contribution in [0.15, 0.2) is 48.1 Å². The fraction of sp³-hybridized carbons (Fsp3) is 0.286. The van der Waals surface area contributed by atoms with E-state index in [1.165, 1.54) is 28.5 Å². The van der Waals surface area contributed by atoms with Crippen LogP contribution >= 0.6 is 11.6 Å². The summed E-state index contributed by atoms with van der Waals surface area (Å²) in [6.45, 7) is 7.24. The van der Waals surface area contributed by atoms with Gasteiger partial charge in [-0.25, -0.2) is 4.68 Å². The SMILES string of the molecule is CCOc1cc(C=Nn2cnnc2)cc(Cl)c1OCCOc1ccc(C)c(C)c1. The molecule has 2 aromatic carbocycles. The summed E-state index contributed by atoms with van der Waals surface area (Å²) in [5, 5.41) is 12.1. The first-order valence-electron chi connectivity index (χ1n) is 9.25. The van der Waals surface area contributed by atoms with E-state index in [4.69, 9.17) is 25.8 Å². The van der Waals surface area contributed by atoms with Crippen LogP contribution in [0.2, 0.25) is 5.02 Å². The van der Waals surface area contributed by atoms with Crippen molar-refractivity contribution in [2.45, 2.75) is 20.8 Å². The van der Waals surface area contributed by atoms with Crippen LogP contribution in [0.1, 0.15) is 23.6 Å². The van der Waals surface area contributed by atoms with Gasteiger partial charge in [0.1, 0.15) is 31.6 Å². The van der Waals surface area contributed by atoms with Gasteiger partial charge in [0.2, 0.25) is 0 Å². The minimum Gasteiger partial charge on any atom is -0.490 e. The van der Waals surface area contributed by atoms with Crippen molar-refractivity contribution in [1.82, 2.24) is 14.9 Å². The largest absolute Gasteiger partial charge is 0.490 e. The maximum atomic E-state index is 6.43. The molecule has 0 aliphatic heterocycles. The van der Waals surface area contributed by atoms with Crippen LogP contribution in [0.25, 0.3) is 0 Å². The van der Waals surface area contributed by atoms with Crippen molar-refractivity contribution < 1.29 is 14.2 Å². The minimum atomic E-state index is 0.334. The normalized spacial score (nSPS) is 11.0. The Hall–Kier alpha value is -3.06. The molecular weight excluding hydrogens is 392 g/mol. The Morgan fingerprint density at radius 2 is 1.76 bits per heavy atom. The summed E-state index contributed by atoms with van der Waals surface area (Å²) in [4.78, 5) is 0. The van der Waals surface area contributed by atoms with Gasteiger partial charge in [-0.05, 0) is 61.7 Å². The molecule has 0 amide bonds. The summed E-state index contributed by atoms with van der Waals surface area (Å²) in [6, 6.07) is 9.58. The summed E-state index contributed by atoms with van der Waals surface area (Å²) in [6.07, 6.45) is 4.63. The molecule has 7 nitrogen and oxygen atoms in total. The molecule has 3 aromatic rings. The van der Waals surface area contributed by atoms with Crippen LogP contribution in [0.5, 0.6) is 17.2 Å². The van der Waals surface area contributed by atoms with Gasteiger partial charge in [0.25, 0.3) is 0 Å². The highest BCUT2D eigenvalue weighted by molar-refractivity contribution is 6.32. The molecule has 0 saturated heterocycles. The first-order valence-corrected chi connectivity index (χ1v) is 9.62. The average Bonchev–Trinajstić information content (AvgIpc) is 3.22. The van der Waals surface area contributed by atoms with E-state index in [1.807, 2.05) is 31.2 Å². The Morgan fingerprint density at radius 3 is 2.48 bits per heavy atom. The molecule has 0 radical (unpaired) electrons. The van der Waals surface area contributed by atoms with Gasteiger partial charge >= 0.3 is 0 Å². The maximum absolute atomic E-state index is 6.43. The third kappa shape index (κ3) is 5.71. The Bertz CT molecular complexity index is 974. The molecule has 152 valence electrons. The van der Waals surface area contributed by atoms with Crippen molar-refractivity contribution in [1.29, 1.82) is 0 Å². The van der Waals surface area contributed by atoms with Gasteiger partial charge < -0.3 is 14.2 Å². The Morgan fingerprint density at radius 1 is 1.00 bits per heavy atom. The van der Waals surface area contributed by atoms with Crippen LogP contribution < -0.4 is 14.2 Å². The second-order valence-corrected chi connectivity index (χ2v) is 6.70. The number of ether oxygens (including phenoxy) is 3. The van der Waals surface area contributed by atoms with Gasteiger partial charge in [-0.2, -0.15) is 5.10 Å². The lowest BCUT2D eigenvalue weighted by Crippen LogP contribution is -2.10. The van der Waals surface area contributed by atoms with Crippen LogP contribution in [0.4, 0.5) is 0 Å². The fourth-order valence-corrected chi connectivity index (χ4v) is 2.83. The van der Waals surface area contributed by atoms with Crippen LogP contribution in [-0.2, 0) is 0 Å². The topological polar surface area (TPSA) is 70.8 Å². The Balaban J connectivity index is 1.65. The number of rotatable bonds is 9. The summed E-state index contributed by atoms with van der Waals surface area (Å²) < 4.78 is 18.8. The number of benzene rings is 2. The molecule has 0 bridgehead atoms. The smallest absolute Gasteiger partial charge is 0.179 e. The van der Waals surface area contributed by atoms with Gasteiger partial charge in [-0.3, -0.25) is 0 Å². The third-order valence-corrected chi connectivity index (χ3v) is 4.44. The van der Waals surface area contributed by atoms with Crippen molar-refractivity contribution in [3.63, 3.8) is 0 Å². The minimum absolute atomic E-state index is 0.334. The third-order valence-electron chi connectivity index (χ3n) is 4.16. The van der Waals surface area contributed by atoms with Gasteiger partial charge in [0.15, 0.2) is 11.5 Å². The van der Waals surface area contributed by atoms with Crippen LogP contribution in [0.3, 0.4) is 0 Å². The zero-order chi connectivity index (χ0) is 20.6. The van der Waals surface area contributed by atoms with Crippen molar-refractivity contribution in [3.8, 4) is 17.2 Å². The van der Waals surface area contributed by atoms with Gasteiger partial charge in [-0.1, -0.05) is 17.7 Å². The second-order valence-electron chi connectivity index (χ2n) is 6.29. The summed E-state index contributed by atoms with van der Waals surface area (Å²) >= 11 is 6.43. The second kappa shape index (κ2) is 9.93. The standard InChI is InChI=1S/C21H23ClN4O3/c1-4-27-20-11-17(12-25-26-13-23-24-14-26)10-19(22)21(20)29-8-7-28-18-6-5-15(2)16(3)9-18/h5-6,9-14H,4,7-8H2,1-3H3. The van der Waals surface area contributed by atoms with E-state index < -0.39 is 0 Å². The number of hydrogen-bond donors (Lipinski definition) is 0. The molecule has 0 atom stereocenters. The predicted molar refractivity (Wildman–Crippen MR) is 113 cm³/mol. The average molecular weight is 415 g/mol. The number of aromatic nitrogens is 3. The highest BCUT2D eigenvalue weighted by Crippen LogP contribution is 2.36. The summed E-state index contributed by atoms with van der Waals surface area (Å²) in [5.74, 6) is 1.85. The zero-order valence-corrected chi connectivity index (χ0v) is 17.4. The maximum Gasteiger partial charge on any atom is 0.179 e. The Labute approximate surface area is 174 Å². The lowest BCUT2D eigenvalue weighted by atomic mass is 10.1. The molecule has 0 fully saturated rings. The van der Waals surface area contributed by atoms with Crippen molar-refractivity contribution in [2.75, 3.05) is 19.8 Å². The van der Waals surface area contributed by atoms with Gasteiger partial charge in [-0.15, -0.1) is 10.2 Å². The van der Waals surface area contributed by atoms with Crippen LogP contribution in [-0.4, -0.2) is 40.9 Å². The quantitative estimate of drug-likeness (QED) is 0.386. The number of hydrogen-bond acceptors (Lipinski definition) is 6. The van der Waals surface area contributed by atoms with E-state index in [9.17, 15) is 0 Å². The Kier molecular flexibility index (Phi) is 7.08. The highest BCUT2D eigenvalue weighted by Gasteiger charge is 2.12. The fourth-order valence-electron chi connectivity index (χ4n) is 2.56. The predicted octanol–water partition coefficient (Wildman–Crippen LogP) is 4.29. The molecular formula is C21H23ClN4O3. The van der Waals surface area contributed by atoms with E-state index in [0.717, 1.165) is 11.3 Å². The van der Waals surface area contributed by atoms with E-state index in [1.54, 1.807) is 12.3 Å². The zero-order valence-electron chi connectivity index (χ0n) is 16.6. The van der Waals surface area contributed by atoms with E-state index >= 15 is 0 Å². The molecule has 1 heterocycles. The number of halogens is 1. The molecule has 0 N–H and O–H groups in total. The molecule has 0 spiro atoms. The van der Waals surface area contributed by atoms with E-state index in [0.29, 0.717) is 36.3 Å². The molecule has 8 heteroatoms. The number of aryl methyl sites for hydroxylation is 2. The molecule has 0 aliphatic carbocycles. The monoisotopic (exact) mass is 414 g/mol. The van der Waals surface area contributed by atoms with Crippen molar-refractivity contribution >= 4 is 17.8 Å². The van der Waals surface area contributed by atoms with E-state index in [-0.39, 0.29) is 0 Å². The number of nitrogens with zero attached hydrogens (tertiary/aromatic N) is 4. The van der Waals surface area contributed by atoms with Crippen molar-refractivity contribution in [3.05, 3.63) is 64.7 Å². The first kappa shape index (κ1) is 20.7. The highest BCUT2D eigenvalue weighted by atomic mass is 35.5.